The fourth-order valence-electron chi connectivity index (χ4n) is 2.29. The summed E-state index contributed by atoms with van der Waals surface area (Å²) in [7, 11) is -1.68. The van der Waals surface area contributed by atoms with Crippen molar-refractivity contribution in [2.24, 2.45) is 5.92 Å². The van der Waals surface area contributed by atoms with Crippen molar-refractivity contribution in [3.05, 3.63) is 0 Å². The van der Waals surface area contributed by atoms with E-state index in [-0.39, 0.29) is 5.04 Å². The van der Waals surface area contributed by atoms with Crippen LogP contribution in [-0.4, -0.2) is 107 Å². The van der Waals surface area contributed by atoms with Crippen LogP contribution in [0.25, 0.3) is 0 Å². The maximum Gasteiger partial charge on any atom is 0.192 e. The van der Waals surface area contributed by atoms with Crippen molar-refractivity contribution in [3.8, 4) is 0 Å². The highest BCUT2D eigenvalue weighted by molar-refractivity contribution is 6.74. The second-order valence-electron chi connectivity index (χ2n) is 9.87. The van der Waals surface area contributed by atoms with Crippen LogP contribution < -0.4 is 0 Å². The molecular formula is C25H54O8Si. The van der Waals surface area contributed by atoms with Crippen LogP contribution in [0.4, 0.5) is 0 Å². The molecule has 0 spiro atoms. The molecule has 0 saturated heterocycles. The van der Waals surface area contributed by atoms with Crippen molar-refractivity contribution in [1.29, 1.82) is 0 Å². The summed E-state index contributed by atoms with van der Waals surface area (Å²) in [6.07, 6.45) is 1.14. The van der Waals surface area contributed by atoms with Gasteiger partial charge in [-0.3, -0.25) is 0 Å². The third kappa shape index (κ3) is 21.2. The van der Waals surface area contributed by atoms with Gasteiger partial charge in [-0.05, 0) is 24.1 Å². The molecule has 0 radical (unpaired) electrons. The van der Waals surface area contributed by atoms with Gasteiger partial charge in [0, 0.05) is 6.61 Å². The molecule has 0 N–H and O–H groups in total. The van der Waals surface area contributed by atoms with Gasteiger partial charge >= 0.3 is 0 Å². The third-order valence-electron chi connectivity index (χ3n) is 5.83. The Hall–Kier alpha value is -0.103. The summed E-state index contributed by atoms with van der Waals surface area (Å²) in [5, 5.41) is 0.229. The molecule has 0 aromatic rings. The van der Waals surface area contributed by atoms with E-state index in [0.717, 1.165) is 13.0 Å². The first kappa shape index (κ1) is 33.9. The molecule has 0 amide bonds. The summed E-state index contributed by atoms with van der Waals surface area (Å²) >= 11 is 0. The van der Waals surface area contributed by atoms with Crippen LogP contribution in [0.2, 0.25) is 18.1 Å². The van der Waals surface area contributed by atoms with Crippen molar-refractivity contribution in [2.45, 2.75) is 59.2 Å². The predicted octanol–water partition coefficient (Wildman–Crippen LogP) is 4.17. The second-order valence-corrected chi connectivity index (χ2v) is 14.7. The maximum absolute atomic E-state index is 6.07. The van der Waals surface area contributed by atoms with E-state index in [9.17, 15) is 0 Å². The minimum Gasteiger partial charge on any atom is -0.414 e. The zero-order valence-electron chi connectivity index (χ0n) is 23.2. The molecule has 0 rings (SSSR count). The molecule has 0 aliphatic carbocycles. The molecule has 0 heterocycles. The molecule has 0 aromatic carbocycles. The van der Waals surface area contributed by atoms with Crippen molar-refractivity contribution in [2.75, 3.05) is 99.1 Å². The Bertz CT molecular complexity index is 432. The summed E-state index contributed by atoms with van der Waals surface area (Å²) < 4.78 is 44.5. The van der Waals surface area contributed by atoms with Gasteiger partial charge in [0.1, 0.15) is 0 Å². The van der Waals surface area contributed by atoms with Crippen molar-refractivity contribution in [3.63, 3.8) is 0 Å². The Morgan fingerprint density at radius 2 is 0.824 bits per heavy atom. The minimum absolute atomic E-state index is 0.229. The van der Waals surface area contributed by atoms with Gasteiger partial charge in [0.2, 0.25) is 0 Å². The van der Waals surface area contributed by atoms with Gasteiger partial charge < -0.3 is 37.6 Å². The summed E-state index contributed by atoms with van der Waals surface area (Å²) in [6.45, 7) is 24.4. The molecule has 206 valence electrons. The quantitative estimate of drug-likeness (QED) is 0.134. The Morgan fingerprint density at radius 3 is 1.12 bits per heavy atom. The molecule has 0 fully saturated rings. The molecule has 8 nitrogen and oxygen atoms in total. The van der Waals surface area contributed by atoms with Crippen LogP contribution in [0.5, 0.6) is 0 Å². The Balaban J connectivity index is 3.17. The zero-order chi connectivity index (χ0) is 25.5. The fourth-order valence-corrected chi connectivity index (χ4v) is 3.32. The average molecular weight is 511 g/mol. The van der Waals surface area contributed by atoms with Gasteiger partial charge in [0.15, 0.2) is 8.32 Å². The van der Waals surface area contributed by atoms with E-state index < -0.39 is 8.32 Å². The second kappa shape index (κ2) is 22.1. The van der Waals surface area contributed by atoms with Crippen molar-refractivity contribution in [1.82, 2.24) is 0 Å². The Kier molecular flexibility index (Phi) is 22.1. The first-order valence-electron chi connectivity index (χ1n) is 12.9. The van der Waals surface area contributed by atoms with Crippen molar-refractivity contribution >= 4 is 8.32 Å². The zero-order valence-corrected chi connectivity index (χ0v) is 24.2. The number of rotatable bonds is 25. The van der Waals surface area contributed by atoms with E-state index in [1.807, 2.05) is 0 Å². The lowest BCUT2D eigenvalue weighted by atomic mass is 10.1. The van der Waals surface area contributed by atoms with E-state index in [0.29, 0.717) is 98.4 Å². The molecule has 34 heavy (non-hydrogen) atoms. The molecule has 0 aliphatic heterocycles. The van der Waals surface area contributed by atoms with Crippen LogP contribution >= 0.6 is 0 Å². The highest BCUT2D eigenvalue weighted by Crippen LogP contribution is 2.36. The fraction of sp³-hybridized carbons (Fsp3) is 1.00. The highest BCUT2D eigenvalue weighted by atomic mass is 28.4. The van der Waals surface area contributed by atoms with Gasteiger partial charge in [0.25, 0.3) is 0 Å². The van der Waals surface area contributed by atoms with E-state index in [1.54, 1.807) is 0 Å². The van der Waals surface area contributed by atoms with E-state index in [1.165, 1.54) is 0 Å². The number of ether oxygens (including phenoxy) is 7. The van der Waals surface area contributed by atoms with Gasteiger partial charge in [0.05, 0.1) is 92.5 Å². The Labute approximate surface area is 210 Å². The largest absolute Gasteiger partial charge is 0.414 e. The SMILES string of the molecule is CCC(C)COCCOCCOCCOCCOCCOCCOCCO[Si](C)(C)C(C)(C)C. The van der Waals surface area contributed by atoms with Crippen molar-refractivity contribution < 1.29 is 37.6 Å². The molecular weight excluding hydrogens is 456 g/mol. The topological polar surface area (TPSA) is 73.8 Å². The molecule has 0 aromatic heterocycles. The maximum atomic E-state index is 6.07. The van der Waals surface area contributed by atoms with Crippen LogP contribution in [0.1, 0.15) is 41.0 Å². The van der Waals surface area contributed by atoms with Crippen LogP contribution in [0.3, 0.4) is 0 Å². The molecule has 0 aliphatic rings. The van der Waals surface area contributed by atoms with E-state index in [2.05, 4.69) is 47.7 Å². The number of hydrogen-bond acceptors (Lipinski definition) is 8. The average Bonchev–Trinajstić information content (AvgIpc) is 2.78. The van der Waals surface area contributed by atoms with E-state index >= 15 is 0 Å². The lowest BCUT2D eigenvalue weighted by Crippen LogP contribution is -2.41. The standard InChI is InChI=1S/C25H54O8Si/c1-8-24(2)23-32-20-19-30-16-15-28-12-11-26-9-10-27-13-14-29-17-18-31-21-22-33-34(6,7)25(3,4)5/h24H,8-23H2,1-7H3. The highest BCUT2D eigenvalue weighted by Gasteiger charge is 2.36. The van der Waals surface area contributed by atoms with Gasteiger partial charge in [-0.1, -0.05) is 41.0 Å². The van der Waals surface area contributed by atoms with Gasteiger partial charge in [-0.2, -0.15) is 0 Å². The van der Waals surface area contributed by atoms with Crippen LogP contribution in [-0.2, 0) is 37.6 Å². The summed E-state index contributed by atoms with van der Waals surface area (Å²) in [4.78, 5) is 0. The summed E-state index contributed by atoms with van der Waals surface area (Å²) in [5.41, 5.74) is 0. The first-order valence-corrected chi connectivity index (χ1v) is 15.8. The smallest absolute Gasteiger partial charge is 0.192 e. The van der Waals surface area contributed by atoms with Gasteiger partial charge in [-0.25, -0.2) is 0 Å². The third-order valence-corrected chi connectivity index (χ3v) is 10.4. The molecule has 1 unspecified atom stereocenters. The minimum atomic E-state index is -1.68. The van der Waals surface area contributed by atoms with Crippen LogP contribution in [0.15, 0.2) is 0 Å². The molecule has 0 bridgehead atoms. The monoisotopic (exact) mass is 510 g/mol. The van der Waals surface area contributed by atoms with Crippen LogP contribution in [0, 0.1) is 5.92 Å². The van der Waals surface area contributed by atoms with E-state index in [4.69, 9.17) is 37.6 Å². The number of hydrogen-bond donors (Lipinski definition) is 0. The molecule has 9 heteroatoms. The molecule has 0 saturated carbocycles. The summed E-state index contributed by atoms with van der Waals surface area (Å²) in [5.74, 6) is 0.607. The lowest BCUT2D eigenvalue weighted by molar-refractivity contribution is -0.0222. The molecule has 1 atom stereocenters. The Morgan fingerprint density at radius 1 is 0.529 bits per heavy atom. The summed E-state index contributed by atoms with van der Waals surface area (Å²) in [6, 6.07) is 0. The predicted molar refractivity (Wildman–Crippen MR) is 138 cm³/mol. The van der Waals surface area contributed by atoms with Gasteiger partial charge in [-0.15, -0.1) is 0 Å². The first-order chi connectivity index (χ1) is 16.2. The normalized spacial score (nSPS) is 13.5. The lowest BCUT2D eigenvalue weighted by Gasteiger charge is -2.36.